The molecule has 1 fully saturated rings. The molecule has 1 nitrogen and oxygen atoms in total. The molecule has 3 aromatic rings. The first kappa shape index (κ1) is 26.0. The molecule has 0 amide bonds. The highest BCUT2D eigenvalue weighted by Crippen LogP contribution is 2.39. The van der Waals surface area contributed by atoms with E-state index in [-0.39, 0.29) is 35.3 Å². The van der Waals surface area contributed by atoms with Crippen molar-refractivity contribution in [2.45, 2.75) is 58.3 Å². The third-order valence-corrected chi connectivity index (χ3v) is 7.05. The van der Waals surface area contributed by atoms with E-state index in [0.717, 1.165) is 25.7 Å². The van der Waals surface area contributed by atoms with Crippen molar-refractivity contribution in [3.63, 3.8) is 0 Å². The summed E-state index contributed by atoms with van der Waals surface area (Å²) in [4.78, 5) is 0. The summed E-state index contributed by atoms with van der Waals surface area (Å²) in [6.07, 6.45) is 8.42. The normalized spacial score (nSPS) is 18.1. The van der Waals surface area contributed by atoms with Crippen LogP contribution in [-0.2, 0) is 6.42 Å². The van der Waals surface area contributed by atoms with E-state index < -0.39 is 23.3 Å². The molecule has 5 heteroatoms. The summed E-state index contributed by atoms with van der Waals surface area (Å²) in [5.41, 5.74) is 2.72. The van der Waals surface area contributed by atoms with Crippen LogP contribution in [0.2, 0.25) is 0 Å². The molecule has 0 aromatic heterocycles. The molecular weight excluding hydrogens is 464 g/mol. The number of allylic oxidation sites excluding steroid dienone is 1. The van der Waals surface area contributed by atoms with Gasteiger partial charge in [0.25, 0.3) is 0 Å². The topological polar surface area (TPSA) is 9.23 Å². The molecule has 1 aliphatic carbocycles. The third-order valence-electron chi connectivity index (χ3n) is 7.05. The van der Waals surface area contributed by atoms with E-state index in [2.05, 4.69) is 6.92 Å². The second-order valence-electron chi connectivity index (χ2n) is 9.46. The summed E-state index contributed by atoms with van der Waals surface area (Å²) in [6, 6.07) is 13.9. The highest BCUT2D eigenvalue weighted by Gasteiger charge is 2.26. The molecule has 0 atom stereocenters. The van der Waals surface area contributed by atoms with E-state index in [0.29, 0.717) is 24.0 Å². The lowest BCUT2D eigenvalue weighted by molar-refractivity contribution is 0.314. The maximum absolute atomic E-state index is 15.1. The van der Waals surface area contributed by atoms with Crippen molar-refractivity contribution in [2.24, 2.45) is 5.92 Å². The maximum Gasteiger partial charge on any atom is 0.201 e. The summed E-state index contributed by atoms with van der Waals surface area (Å²) in [7, 11) is 0. The molecule has 0 bridgehead atoms. The zero-order chi connectivity index (χ0) is 25.7. The minimum atomic E-state index is -0.986. The highest BCUT2D eigenvalue weighted by atomic mass is 19.2. The van der Waals surface area contributed by atoms with E-state index in [4.69, 9.17) is 4.74 Å². The Morgan fingerprint density at radius 1 is 0.778 bits per heavy atom. The molecule has 0 radical (unpaired) electrons. The molecule has 4 rings (SSSR count). The van der Waals surface area contributed by atoms with Gasteiger partial charge in [0.05, 0.1) is 6.61 Å². The molecule has 3 aromatic carbocycles. The SMILES string of the molecule is CCCc1ccc(-c2ccc(C3CCC(/C=C/c4ccc(OCC)c(F)c4F)CC3)c(F)c2F)cc1. The van der Waals surface area contributed by atoms with Crippen molar-refractivity contribution >= 4 is 6.08 Å². The Hall–Kier alpha value is -3.08. The number of ether oxygens (including phenoxy) is 1. The Balaban J connectivity index is 1.41. The summed E-state index contributed by atoms with van der Waals surface area (Å²) in [5, 5.41) is 0. The van der Waals surface area contributed by atoms with Gasteiger partial charge >= 0.3 is 0 Å². The Bertz CT molecular complexity index is 1210. The van der Waals surface area contributed by atoms with E-state index in [1.807, 2.05) is 30.3 Å². The first-order chi connectivity index (χ1) is 17.4. The zero-order valence-corrected chi connectivity index (χ0v) is 20.8. The van der Waals surface area contributed by atoms with Crippen molar-refractivity contribution in [1.29, 1.82) is 0 Å². The molecule has 1 aliphatic rings. The van der Waals surface area contributed by atoms with Gasteiger partial charge in [-0.05, 0) is 79.7 Å². The number of hydrogen-bond donors (Lipinski definition) is 0. The van der Waals surface area contributed by atoms with E-state index in [1.54, 1.807) is 25.1 Å². The smallest absolute Gasteiger partial charge is 0.201 e. The third kappa shape index (κ3) is 5.66. The van der Waals surface area contributed by atoms with Crippen molar-refractivity contribution in [2.75, 3.05) is 6.61 Å². The molecule has 0 saturated heterocycles. The highest BCUT2D eigenvalue weighted by molar-refractivity contribution is 5.65. The van der Waals surface area contributed by atoms with Gasteiger partial charge in [-0.3, -0.25) is 0 Å². The van der Waals surface area contributed by atoms with Gasteiger partial charge < -0.3 is 4.74 Å². The van der Waals surface area contributed by atoms with Crippen LogP contribution in [-0.4, -0.2) is 6.61 Å². The van der Waals surface area contributed by atoms with Gasteiger partial charge in [-0.1, -0.05) is 61.9 Å². The predicted molar refractivity (Wildman–Crippen MR) is 137 cm³/mol. The average molecular weight is 497 g/mol. The van der Waals surface area contributed by atoms with Gasteiger partial charge in [0.15, 0.2) is 23.2 Å². The van der Waals surface area contributed by atoms with Crippen LogP contribution in [0.5, 0.6) is 5.75 Å². The van der Waals surface area contributed by atoms with Gasteiger partial charge in [0.2, 0.25) is 5.82 Å². The number of rotatable bonds is 8. The molecule has 0 spiro atoms. The Morgan fingerprint density at radius 3 is 2.17 bits per heavy atom. The van der Waals surface area contributed by atoms with Crippen LogP contribution in [0.15, 0.2) is 54.6 Å². The van der Waals surface area contributed by atoms with Gasteiger partial charge in [0, 0.05) is 11.1 Å². The van der Waals surface area contributed by atoms with Crippen LogP contribution in [0.1, 0.15) is 68.6 Å². The van der Waals surface area contributed by atoms with Crippen LogP contribution in [0.25, 0.3) is 17.2 Å². The lowest BCUT2D eigenvalue weighted by Gasteiger charge is -2.27. The van der Waals surface area contributed by atoms with E-state index in [9.17, 15) is 8.78 Å². The van der Waals surface area contributed by atoms with Crippen molar-refractivity contribution in [3.05, 3.63) is 94.6 Å². The second kappa shape index (κ2) is 11.8. The van der Waals surface area contributed by atoms with E-state index >= 15 is 8.78 Å². The number of aryl methyl sites for hydroxylation is 1. The van der Waals surface area contributed by atoms with Crippen LogP contribution in [0.4, 0.5) is 17.6 Å². The summed E-state index contributed by atoms with van der Waals surface area (Å²) in [6.45, 7) is 4.07. The quantitative estimate of drug-likeness (QED) is 0.282. The Morgan fingerprint density at radius 2 is 1.50 bits per heavy atom. The lowest BCUT2D eigenvalue weighted by Crippen LogP contribution is -2.13. The monoisotopic (exact) mass is 496 g/mol. The number of hydrogen-bond acceptors (Lipinski definition) is 1. The molecule has 0 heterocycles. The van der Waals surface area contributed by atoms with Gasteiger partial charge in [0.1, 0.15) is 0 Å². The van der Waals surface area contributed by atoms with Crippen molar-refractivity contribution in [1.82, 2.24) is 0 Å². The number of benzene rings is 3. The van der Waals surface area contributed by atoms with Crippen molar-refractivity contribution in [3.8, 4) is 16.9 Å². The molecule has 0 unspecified atom stereocenters. The fourth-order valence-electron chi connectivity index (χ4n) is 5.05. The van der Waals surface area contributed by atoms with Gasteiger partial charge in [-0.15, -0.1) is 0 Å². The summed E-state index contributed by atoms with van der Waals surface area (Å²) >= 11 is 0. The summed E-state index contributed by atoms with van der Waals surface area (Å²) in [5.74, 6) is -3.47. The van der Waals surface area contributed by atoms with E-state index in [1.165, 1.54) is 17.7 Å². The van der Waals surface area contributed by atoms with Crippen LogP contribution in [0.3, 0.4) is 0 Å². The fraction of sp³-hybridized carbons (Fsp3) is 0.355. The summed E-state index contributed by atoms with van der Waals surface area (Å²) < 4.78 is 63.6. The number of halogens is 4. The molecular formula is C31H32F4O. The molecule has 1 saturated carbocycles. The minimum absolute atomic E-state index is 0.0650. The lowest BCUT2D eigenvalue weighted by atomic mass is 9.78. The fourth-order valence-corrected chi connectivity index (χ4v) is 5.05. The second-order valence-corrected chi connectivity index (χ2v) is 9.46. The van der Waals surface area contributed by atoms with Crippen LogP contribution in [0, 0.1) is 29.2 Å². The van der Waals surface area contributed by atoms with Crippen LogP contribution < -0.4 is 4.74 Å². The van der Waals surface area contributed by atoms with Gasteiger partial charge in [-0.25, -0.2) is 13.2 Å². The molecule has 0 N–H and O–H groups in total. The van der Waals surface area contributed by atoms with Crippen LogP contribution >= 0.6 is 0 Å². The predicted octanol–water partition coefficient (Wildman–Crippen LogP) is 9.25. The Kier molecular flexibility index (Phi) is 8.50. The zero-order valence-electron chi connectivity index (χ0n) is 20.8. The largest absolute Gasteiger partial charge is 0.491 e. The van der Waals surface area contributed by atoms with Gasteiger partial charge in [-0.2, -0.15) is 4.39 Å². The minimum Gasteiger partial charge on any atom is -0.491 e. The van der Waals surface area contributed by atoms with Crippen molar-refractivity contribution < 1.29 is 22.3 Å². The molecule has 36 heavy (non-hydrogen) atoms. The standard InChI is InChI=1S/C31H32F4O/c1-3-5-20-6-11-22(12-7-20)25-17-18-26(30(34)29(25)33)23-13-8-21(9-14-23)10-15-24-16-19-27(36-4-2)31(35)28(24)32/h6-7,10-12,15-19,21,23H,3-5,8-9,13-14H2,1-2H3/b15-10+. The maximum atomic E-state index is 15.1. The molecule has 190 valence electrons. The molecule has 0 aliphatic heterocycles. The first-order valence-electron chi connectivity index (χ1n) is 12.8. The first-order valence-corrected chi connectivity index (χ1v) is 12.8. The average Bonchev–Trinajstić information content (AvgIpc) is 2.89. The Labute approximate surface area is 210 Å².